The summed E-state index contributed by atoms with van der Waals surface area (Å²) >= 11 is 0. The number of benzene rings is 3. The second kappa shape index (κ2) is 8.36. The largest absolute Gasteiger partial charge is 0.462 e. The summed E-state index contributed by atoms with van der Waals surface area (Å²) in [7, 11) is 0. The van der Waals surface area contributed by atoms with Crippen LogP contribution in [0, 0.1) is 0 Å². The van der Waals surface area contributed by atoms with Crippen molar-refractivity contribution in [1.82, 2.24) is 0 Å². The number of carbonyl (C=O) groups is 3. The van der Waals surface area contributed by atoms with E-state index in [1.54, 1.807) is 37.3 Å². The maximum atomic E-state index is 12.2. The van der Waals surface area contributed by atoms with Crippen molar-refractivity contribution in [2.75, 3.05) is 12.0 Å². The third-order valence-electron chi connectivity index (χ3n) is 5.02. The van der Waals surface area contributed by atoms with E-state index < -0.39 is 11.6 Å². The molecule has 0 aromatic heterocycles. The standard InChI is InChI=1S/C25H20N2O4/c1-3-31-25(30)17-10-13-21-22(14-17)19-6-4-5-7-20(19)23(21)27-26-18-11-8-16(9-12-18)24(29)15(2)28/h4-14,26H,3H2,1-2H3/b27-23+. The number of nitrogens with one attached hydrogen (secondary N) is 1. The number of ketones is 2. The molecule has 0 aliphatic heterocycles. The van der Waals surface area contributed by atoms with Gasteiger partial charge in [0.05, 0.1) is 23.6 Å². The fourth-order valence-electron chi connectivity index (χ4n) is 3.52. The Morgan fingerprint density at radius 1 is 0.839 bits per heavy atom. The van der Waals surface area contributed by atoms with Crippen LogP contribution in [0.3, 0.4) is 0 Å². The van der Waals surface area contributed by atoms with Crippen LogP contribution >= 0.6 is 0 Å². The Labute approximate surface area is 179 Å². The Bertz CT molecular complexity index is 1230. The highest BCUT2D eigenvalue weighted by molar-refractivity contribution is 6.42. The van der Waals surface area contributed by atoms with Crippen LogP contribution in [0.25, 0.3) is 11.1 Å². The smallest absolute Gasteiger partial charge is 0.338 e. The molecule has 0 atom stereocenters. The molecule has 3 aromatic rings. The molecule has 0 saturated heterocycles. The molecule has 154 valence electrons. The van der Waals surface area contributed by atoms with Crippen LogP contribution in [0.15, 0.2) is 71.8 Å². The molecule has 0 fully saturated rings. The van der Waals surface area contributed by atoms with E-state index in [0.29, 0.717) is 23.4 Å². The summed E-state index contributed by atoms with van der Waals surface area (Å²) in [5.41, 5.74) is 9.07. The summed E-state index contributed by atoms with van der Waals surface area (Å²) in [6, 6.07) is 19.9. The zero-order valence-electron chi connectivity index (χ0n) is 17.1. The van der Waals surface area contributed by atoms with Gasteiger partial charge in [0, 0.05) is 23.6 Å². The Morgan fingerprint density at radius 2 is 1.48 bits per heavy atom. The number of fused-ring (bicyclic) bond motifs is 3. The van der Waals surface area contributed by atoms with E-state index in [0.717, 1.165) is 28.0 Å². The molecule has 0 heterocycles. The molecular weight excluding hydrogens is 392 g/mol. The second-order valence-corrected chi connectivity index (χ2v) is 7.06. The first-order valence-corrected chi connectivity index (χ1v) is 9.90. The maximum Gasteiger partial charge on any atom is 0.338 e. The van der Waals surface area contributed by atoms with Crippen molar-refractivity contribution in [3.05, 3.63) is 89.0 Å². The lowest BCUT2D eigenvalue weighted by Gasteiger charge is -2.06. The highest BCUT2D eigenvalue weighted by atomic mass is 16.5. The number of ether oxygens (including phenoxy) is 1. The van der Waals surface area contributed by atoms with E-state index in [9.17, 15) is 14.4 Å². The molecule has 6 nitrogen and oxygen atoms in total. The zero-order chi connectivity index (χ0) is 22.0. The molecule has 0 saturated carbocycles. The van der Waals surface area contributed by atoms with E-state index in [1.165, 1.54) is 6.92 Å². The van der Waals surface area contributed by atoms with Crippen molar-refractivity contribution in [2.24, 2.45) is 5.10 Å². The second-order valence-electron chi connectivity index (χ2n) is 7.06. The van der Waals surface area contributed by atoms with Gasteiger partial charge in [-0.2, -0.15) is 5.10 Å². The molecule has 1 aliphatic rings. The van der Waals surface area contributed by atoms with E-state index in [-0.39, 0.29) is 5.97 Å². The number of hydrazone groups is 1. The fraction of sp³-hybridized carbons (Fsp3) is 0.120. The monoisotopic (exact) mass is 412 g/mol. The number of anilines is 1. The zero-order valence-corrected chi connectivity index (χ0v) is 17.1. The third-order valence-corrected chi connectivity index (χ3v) is 5.02. The van der Waals surface area contributed by atoms with Gasteiger partial charge in [0.2, 0.25) is 5.78 Å². The van der Waals surface area contributed by atoms with Gasteiger partial charge in [-0.15, -0.1) is 0 Å². The van der Waals surface area contributed by atoms with E-state index in [4.69, 9.17) is 4.74 Å². The first-order valence-electron chi connectivity index (χ1n) is 9.90. The normalized spacial score (nSPS) is 12.8. The third kappa shape index (κ3) is 3.88. The topological polar surface area (TPSA) is 84.8 Å². The van der Waals surface area contributed by atoms with Crippen LogP contribution in [0.2, 0.25) is 0 Å². The SMILES string of the molecule is CCOC(=O)c1ccc2c(c1)-c1ccccc1/C2=N\Nc1ccc(C(=O)C(C)=O)cc1. The minimum absolute atomic E-state index is 0.319. The van der Waals surface area contributed by atoms with Gasteiger partial charge < -0.3 is 4.74 Å². The number of esters is 1. The average molecular weight is 412 g/mol. The van der Waals surface area contributed by atoms with E-state index in [1.807, 2.05) is 36.4 Å². The van der Waals surface area contributed by atoms with Crippen molar-refractivity contribution < 1.29 is 19.1 Å². The summed E-state index contributed by atoms with van der Waals surface area (Å²) in [4.78, 5) is 35.2. The van der Waals surface area contributed by atoms with Gasteiger partial charge >= 0.3 is 5.97 Å². The minimum Gasteiger partial charge on any atom is -0.462 e. The van der Waals surface area contributed by atoms with Gasteiger partial charge in [-0.25, -0.2) is 4.79 Å². The molecule has 31 heavy (non-hydrogen) atoms. The number of hydrogen-bond donors (Lipinski definition) is 1. The van der Waals surface area contributed by atoms with Crippen molar-refractivity contribution in [3.8, 4) is 11.1 Å². The lowest BCUT2D eigenvalue weighted by atomic mass is 10.0. The van der Waals surface area contributed by atoms with Crippen LogP contribution in [-0.4, -0.2) is 29.9 Å². The van der Waals surface area contributed by atoms with E-state index in [2.05, 4.69) is 10.5 Å². The summed E-state index contributed by atoms with van der Waals surface area (Å²) < 4.78 is 5.12. The summed E-state index contributed by atoms with van der Waals surface area (Å²) in [6.45, 7) is 3.35. The molecule has 0 radical (unpaired) electrons. The molecule has 0 spiro atoms. The number of nitrogens with zero attached hydrogens (tertiary/aromatic N) is 1. The Balaban J connectivity index is 1.67. The number of rotatable bonds is 6. The molecule has 1 N–H and O–H groups in total. The van der Waals surface area contributed by atoms with Gasteiger partial charge in [0.15, 0.2) is 5.78 Å². The quantitative estimate of drug-likeness (QED) is 0.218. The minimum atomic E-state index is -0.520. The van der Waals surface area contributed by atoms with E-state index >= 15 is 0 Å². The number of carbonyl (C=O) groups excluding carboxylic acids is 3. The van der Waals surface area contributed by atoms with Crippen LogP contribution in [0.5, 0.6) is 0 Å². The molecule has 4 rings (SSSR count). The Kier molecular flexibility index (Phi) is 5.45. The van der Waals surface area contributed by atoms with Gasteiger partial charge in [-0.05, 0) is 54.4 Å². The van der Waals surface area contributed by atoms with Crippen LogP contribution < -0.4 is 5.43 Å². The molecule has 3 aromatic carbocycles. The molecule has 0 amide bonds. The fourth-order valence-corrected chi connectivity index (χ4v) is 3.52. The maximum absolute atomic E-state index is 12.2. The van der Waals surface area contributed by atoms with Gasteiger partial charge in [0.25, 0.3) is 0 Å². The molecule has 0 bridgehead atoms. The number of Topliss-reactive ketones (excluding diaryl/α,β-unsaturated/α-hetero) is 2. The molecular formula is C25H20N2O4. The number of hydrogen-bond acceptors (Lipinski definition) is 6. The lowest BCUT2D eigenvalue weighted by Crippen LogP contribution is -2.09. The molecule has 0 unspecified atom stereocenters. The van der Waals surface area contributed by atoms with Crippen molar-refractivity contribution in [3.63, 3.8) is 0 Å². The Hall–Kier alpha value is -4.06. The summed E-state index contributed by atoms with van der Waals surface area (Å²) in [5.74, 6) is -1.37. The highest BCUT2D eigenvalue weighted by Gasteiger charge is 2.26. The predicted octanol–water partition coefficient (Wildman–Crippen LogP) is 4.48. The first-order chi connectivity index (χ1) is 15.0. The van der Waals surface area contributed by atoms with Gasteiger partial charge in [-0.3, -0.25) is 15.0 Å². The van der Waals surface area contributed by atoms with Crippen LogP contribution in [0.4, 0.5) is 5.69 Å². The summed E-state index contributed by atoms with van der Waals surface area (Å²) in [6.07, 6.45) is 0. The van der Waals surface area contributed by atoms with Crippen LogP contribution in [0.1, 0.15) is 45.7 Å². The molecule has 1 aliphatic carbocycles. The van der Waals surface area contributed by atoms with Crippen molar-refractivity contribution in [1.29, 1.82) is 0 Å². The lowest BCUT2D eigenvalue weighted by molar-refractivity contribution is -0.113. The van der Waals surface area contributed by atoms with Crippen molar-refractivity contribution in [2.45, 2.75) is 13.8 Å². The van der Waals surface area contributed by atoms with Gasteiger partial charge in [0.1, 0.15) is 0 Å². The van der Waals surface area contributed by atoms with Gasteiger partial charge in [-0.1, -0.05) is 30.3 Å². The predicted molar refractivity (Wildman–Crippen MR) is 119 cm³/mol. The summed E-state index contributed by atoms with van der Waals surface area (Å²) in [5, 5.41) is 4.60. The molecule has 6 heteroatoms. The first kappa shape index (κ1) is 20.2. The van der Waals surface area contributed by atoms with Crippen molar-refractivity contribution >= 4 is 28.9 Å². The highest BCUT2D eigenvalue weighted by Crippen LogP contribution is 2.37. The van der Waals surface area contributed by atoms with Crippen LogP contribution in [-0.2, 0) is 9.53 Å². The Morgan fingerprint density at radius 3 is 2.16 bits per heavy atom. The average Bonchev–Trinajstić information content (AvgIpc) is 3.10.